The Morgan fingerprint density at radius 2 is 1.89 bits per heavy atom. The molecular weight excluding hydrogens is 240 g/mol. The lowest BCUT2D eigenvalue weighted by Crippen LogP contribution is -2.38. The average Bonchev–Trinajstić information content (AvgIpc) is 2.84. The predicted octanol–water partition coefficient (Wildman–Crippen LogP) is 1.69. The standard InChI is InChI=1S/C14H24N4O/c1-10(2)17-8-6-11(7-9-17)14-16-15-12-4-3-5-13(19)18(12)14/h10-11,13,19H,3-9H2,1-2H3. The van der Waals surface area contributed by atoms with Gasteiger partial charge < -0.3 is 10.0 Å². The minimum Gasteiger partial charge on any atom is -0.373 e. The molecule has 1 saturated heterocycles. The van der Waals surface area contributed by atoms with Gasteiger partial charge in [-0.2, -0.15) is 0 Å². The molecule has 0 spiro atoms. The van der Waals surface area contributed by atoms with E-state index < -0.39 is 6.23 Å². The molecule has 0 saturated carbocycles. The third kappa shape index (κ3) is 2.41. The molecule has 5 nitrogen and oxygen atoms in total. The molecule has 1 unspecified atom stereocenters. The molecule has 3 heterocycles. The maximum absolute atomic E-state index is 10.2. The van der Waals surface area contributed by atoms with Gasteiger partial charge in [0, 0.05) is 18.4 Å². The van der Waals surface area contributed by atoms with E-state index in [-0.39, 0.29) is 0 Å². The molecule has 1 N–H and O–H groups in total. The van der Waals surface area contributed by atoms with Crippen molar-refractivity contribution < 1.29 is 5.11 Å². The highest BCUT2D eigenvalue weighted by atomic mass is 16.3. The SMILES string of the molecule is CC(C)N1CCC(c2nnc3n2C(O)CCC3)CC1. The number of aliphatic hydroxyl groups excluding tert-OH is 1. The Labute approximate surface area is 114 Å². The normalized spacial score (nSPS) is 25.8. The Kier molecular flexibility index (Phi) is 3.58. The van der Waals surface area contributed by atoms with Crippen LogP contribution in [0.3, 0.4) is 0 Å². The largest absolute Gasteiger partial charge is 0.373 e. The minimum atomic E-state index is -0.406. The zero-order valence-electron chi connectivity index (χ0n) is 11.9. The minimum absolute atomic E-state index is 0.406. The van der Waals surface area contributed by atoms with E-state index in [1.54, 1.807) is 0 Å². The number of aromatic nitrogens is 3. The van der Waals surface area contributed by atoms with Crippen LogP contribution >= 0.6 is 0 Å². The molecule has 2 aliphatic rings. The molecule has 0 bridgehead atoms. The van der Waals surface area contributed by atoms with E-state index in [1.165, 1.54) is 0 Å². The van der Waals surface area contributed by atoms with Gasteiger partial charge in [-0.3, -0.25) is 4.57 Å². The summed E-state index contributed by atoms with van der Waals surface area (Å²) in [6.07, 6.45) is 4.66. The van der Waals surface area contributed by atoms with Crippen LogP contribution in [0.2, 0.25) is 0 Å². The van der Waals surface area contributed by atoms with Gasteiger partial charge in [0.2, 0.25) is 0 Å². The summed E-state index contributed by atoms with van der Waals surface area (Å²) in [7, 11) is 0. The Hall–Kier alpha value is -0.940. The van der Waals surface area contributed by atoms with Crippen LogP contribution < -0.4 is 0 Å². The average molecular weight is 264 g/mol. The fourth-order valence-electron chi connectivity index (χ4n) is 3.36. The van der Waals surface area contributed by atoms with Crippen LogP contribution in [-0.4, -0.2) is 43.9 Å². The van der Waals surface area contributed by atoms with Crippen LogP contribution in [0.4, 0.5) is 0 Å². The van der Waals surface area contributed by atoms with E-state index in [0.717, 1.165) is 56.8 Å². The van der Waals surface area contributed by atoms with E-state index in [0.29, 0.717) is 12.0 Å². The van der Waals surface area contributed by atoms with Crippen molar-refractivity contribution in [2.24, 2.45) is 0 Å². The van der Waals surface area contributed by atoms with Crippen molar-refractivity contribution in [2.75, 3.05) is 13.1 Å². The van der Waals surface area contributed by atoms with Crippen molar-refractivity contribution in [3.63, 3.8) is 0 Å². The van der Waals surface area contributed by atoms with E-state index in [2.05, 4.69) is 28.9 Å². The molecule has 2 aliphatic heterocycles. The van der Waals surface area contributed by atoms with Crippen LogP contribution in [0, 0.1) is 0 Å². The molecule has 3 rings (SSSR count). The van der Waals surface area contributed by atoms with Gasteiger partial charge in [-0.15, -0.1) is 10.2 Å². The van der Waals surface area contributed by atoms with Gasteiger partial charge in [0.15, 0.2) is 0 Å². The number of likely N-dealkylation sites (tertiary alicyclic amines) is 1. The highest BCUT2D eigenvalue weighted by Crippen LogP contribution is 2.32. The highest BCUT2D eigenvalue weighted by Gasteiger charge is 2.30. The first-order valence-electron chi connectivity index (χ1n) is 7.52. The first-order valence-corrected chi connectivity index (χ1v) is 7.52. The summed E-state index contributed by atoms with van der Waals surface area (Å²) in [6, 6.07) is 0.624. The monoisotopic (exact) mass is 264 g/mol. The van der Waals surface area contributed by atoms with Gasteiger partial charge in [0.25, 0.3) is 0 Å². The molecule has 0 aromatic carbocycles. The first-order chi connectivity index (χ1) is 9.16. The fourth-order valence-corrected chi connectivity index (χ4v) is 3.36. The fraction of sp³-hybridized carbons (Fsp3) is 0.857. The zero-order valence-corrected chi connectivity index (χ0v) is 11.9. The number of piperidine rings is 1. The van der Waals surface area contributed by atoms with Crippen LogP contribution in [0.1, 0.15) is 63.3 Å². The maximum Gasteiger partial charge on any atom is 0.138 e. The third-order valence-electron chi connectivity index (χ3n) is 4.58. The van der Waals surface area contributed by atoms with Crippen molar-refractivity contribution in [3.8, 4) is 0 Å². The Bertz CT molecular complexity index is 435. The Morgan fingerprint density at radius 3 is 2.58 bits per heavy atom. The number of hydrogen-bond acceptors (Lipinski definition) is 4. The van der Waals surface area contributed by atoms with E-state index in [1.807, 2.05) is 4.57 Å². The summed E-state index contributed by atoms with van der Waals surface area (Å²) >= 11 is 0. The lowest BCUT2D eigenvalue weighted by Gasteiger charge is -2.35. The first kappa shape index (κ1) is 13.1. The van der Waals surface area contributed by atoms with Gasteiger partial charge in [0.05, 0.1) is 0 Å². The van der Waals surface area contributed by atoms with Gasteiger partial charge in [-0.1, -0.05) is 0 Å². The summed E-state index contributed by atoms with van der Waals surface area (Å²) in [5.74, 6) is 2.45. The van der Waals surface area contributed by atoms with Crippen molar-refractivity contribution in [1.29, 1.82) is 0 Å². The maximum atomic E-state index is 10.2. The van der Waals surface area contributed by atoms with Crippen LogP contribution in [-0.2, 0) is 6.42 Å². The molecule has 1 aromatic heterocycles. The number of nitrogens with zero attached hydrogens (tertiary/aromatic N) is 4. The number of hydrogen-bond donors (Lipinski definition) is 1. The molecule has 0 amide bonds. The summed E-state index contributed by atoms with van der Waals surface area (Å²) in [5, 5.41) is 18.8. The predicted molar refractivity (Wildman–Crippen MR) is 72.9 cm³/mol. The topological polar surface area (TPSA) is 54.2 Å². The second kappa shape index (κ2) is 5.21. The highest BCUT2D eigenvalue weighted by molar-refractivity contribution is 5.07. The van der Waals surface area contributed by atoms with Crippen molar-refractivity contribution >= 4 is 0 Å². The zero-order chi connectivity index (χ0) is 13.4. The molecular formula is C14H24N4O. The Morgan fingerprint density at radius 1 is 1.16 bits per heavy atom. The van der Waals surface area contributed by atoms with Gasteiger partial charge >= 0.3 is 0 Å². The second-order valence-electron chi connectivity index (χ2n) is 6.12. The number of fused-ring (bicyclic) bond motifs is 1. The lowest BCUT2D eigenvalue weighted by atomic mass is 9.94. The Balaban J connectivity index is 1.76. The molecule has 0 aliphatic carbocycles. The van der Waals surface area contributed by atoms with E-state index >= 15 is 0 Å². The molecule has 1 atom stereocenters. The molecule has 5 heteroatoms. The van der Waals surface area contributed by atoms with Crippen LogP contribution in [0.15, 0.2) is 0 Å². The summed E-state index contributed by atoms with van der Waals surface area (Å²) in [6.45, 7) is 6.76. The van der Waals surface area contributed by atoms with E-state index in [9.17, 15) is 5.11 Å². The van der Waals surface area contributed by atoms with Crippen LogP contribution in [0.25, 0.3) is 0 Å². The summed E-state index contributed by atoms with van der Waals surface area (Å²) in [4.78, 5) is 2.51. The van der Waals surface area contributed by atoms with Crippen LogP contribution in [0.5, 0.6) is 0 Å². The molecule has 1 fully saturated rings. The van der Waals surface area contributed by atoms with Crippen molar-refractivity contribution in [2.45, 2.75) is 64.1 Å². The number of rotatable bonds is 2. The molecule has 1 aromatic rings. The van der Waals surface area contributed by atoms with Gasteiger partial charge in [-0.05, 0) is 52.6 Å². The molecule has 19 heavy (non-hydrogen) atoms. The van der Waals surface area contributed by atoms with Crippen molar-refractivity contribution in [1.82, 2.24) is 19.7 Å². The lowest BCUT2D eigenvalue weighted by molar-refractivity contribution is 0.0710. The number of aryl methyl sites for hydroxylation is 1. The van der Waals surface area contributed by atoms with Gasteiger partial charge in [-0.25, -0.2) is 0 Å². The van der Waals surface area contributed by atoms with Gasteiger partial charge in [0.1, 0.15) is 17.9 Å². The quantitative estimate of drug-likeness (QED) is 0.883. The molecule has 106 valence electrons. The number of aliphatic hydroxyl groups is 1. The third-order valence-corrected chi connectivity index (χ3v) is 4.58. The second-order valence-corrected chi connectivity index (χ2v) is 6.12. The molecule has 0 radical (unpaired) electrons. The van der Waals surface area contributed by atoms with E-state index in [4.69, 9.17) is 0 Å². The summed E-state index contributed by atoms with van der Waals surface area (Å²) < 4.78 is 2.00. The summed E-state index contributed by atoms with van der Waals surface area (Å²) in [5.41, 5.74) is 0. The van der Waals surface area contributed by atoms with Crippen molar-refractivity contribution in [3.05, 3.63) is 11.6 Å². The smallest absolute Gasteiger partial charge is 0.138 e.